The average molecular weight is 1460 g/mol. The second kappa shape index (κ2) is 42.4. The number of hydrogen-bond donors (Lipinski definition) is 13. The predicted octanol–water partition coefficient (Wildman–Crippen LogP) is 0.599. The van der Waals surface area contributed by atoms with Crippen LogP contribution >= 0.6 is 0 Å². The second-order valence-electron chi connectivity index (χ2n) is 27.5. The highest BCUT2D eigenvalue weighted by atomic mass is 16.8. The summed E-state index contributed by atoms with van der Waals surface area (Å²) in [5, 5.41) is 121. The monoisotopic (exact) mass is 1460 g/mol. The Labute approximate surface area is 593 Å². The van der Waals surface area contributed by atoms with Gasteiger partial charge in [-0.15, -0.1) is 26.3 Å². The molecule has 32 nitrogen and oxygen atoms in total. The lowest BCUT2D eigenvalue weighted by molar-refractivity contribution is -0.290. The van der Waals surface area contributed by atoms with Crippen LogP contribution in [0.3, 0.4) is 0 Å². The normalized spacial score (nSPS) is 44.8. The van der Waals surface area contributed by atoms with Gasteiger partial charge in [-0.3, -0.25) is 9.59 Å². The summed E-state index contributed by atoms with van der Waals surface area (Å²) in [6.45, 7) is 47.8. The molecule has 0 aromatic carbocycles. The van der Waals surface area contributed by atoms with Crippen molar-refractivity contribution in [2.45, 2.75) is 321 Å². The summed E-state index contributed by atoms with van der Waals surface area (Å²) in [6, 6.07) is 0. The zero-order chi connectivity index (χ0) is 77.0. The summed E-state index contributed by atoms with van der Waals surface area (Å²) in [7, 11) is 0. The van der Waals surface area contributed by atoms with E-state index >= 15 is 0 Å². The molecule has 0 aromatic rings. The molecule has 9 aliphatic heterocycles. The number of fused-ring (bicyclic) bond motifs is 2. The Kier molecular flexibility index (Phi) is 38.6. The number of ether oxygens (including phenoxy) is 17. The quantitative estimate of drug-likeness (QED) is 0.0836. The van der Waals surface area contributed by atoms with E-state index in [1.807, 2.05) is 69.2 Å². The topological polar surface area (TPSA) is 454 Å². The van der Waals surface area contributed by atoms with Gasteiger partial charge in [-0.2, -0.15) is 0 Å². The number of aliphatic hydroxyl groups excluding tert-OH is 13. The average Bonchev–Trinajstić information content (AvgIpc) is 1.63. The van der Waals surface area contributed by atoms with Gasteiger partial charge < -0.3 is 147 Å². The fourth-order valence-electron chi connectivity index (χ4n) is 11.6. The Bertz CT molecular complexity index is 2290. The molecule has 9 aliphatic rings. The molecule has 0 saturated carbocycles. The van der Waals surface area contributed by atoms with Crippen molar-refractivity contribution in [3.8, 4) is 0 Å². The highest BCUT2D eigenvalue weighted by Crippen LogP contribution is 2.41. The van der Waals surface area contributed by atoms with Gasteiger partial charge in [0, 0.05) is 37.5 Å². The van der Waals surface area contributed by atoms with Crippen molar-refractivity contribution < 1.29 is 157 Å². The van der Waals surface area contributed by atoms with E-state index in [4.69, 9.17) is 106 Å². The first kappa shape index (κ1) is 92.0. The fourth-order valence-corrected chi connectivity index (χ4v) is 11.6. The van der Waals surface area contributed by atoms with Crippen LogP contribution in [0, 0.1) is 29.6 Å². The summed E-state index contributed by atoms with van der Waals surface area (Å²) >= 11 is 0. The molecule has 0 spiro atoms. The molecular weight excluding hydrogens is 1340 g/mol. The zero-order valence-corrected chi connectivity index (χ0v) is 61.7. The molecule has 101 heavy (non-hydrogen) atoms. The lowest BCUT2D eigenvalue weighted by atomic mass is 9.84. The van der Waals surface area contributed by atoms with Crippen LogP contribution in [0.25, 0.3) is 0 Å². The molecule has 35 atom stereocenters. The summed E-state index contributed by atoms with van der Waals surface area (Å²) in [5.41, 5.74) is 0. The van der Waals surface area contributed by atoms with Crippen LogP contribution in [0.5, 0.6) is 0 Å². The number of carbonyl (C=O) groups is 2. The van der Waals surface area contributed by atoms with E-state index in [-0.39, 0.29) is 79.3 Å². The van der Waals surface area contributed by atoms with E-state index in [1.54, 1.807) is 45.9 Å². The summed E-state index contributed by atoms with van der Waals surface area (Å²) in [5.74, 6) is -1.76. The highest BCUT2D eigenvalue weighted by Gasteiger charge is 2.56. The number of hydrogen-bond acceptors (Lipinski definition) is 32. The maximum atomic E-state index is 11.1. The fraction of sp³-hybridized carbons (Fsp3) is 0.855. The standard InChI is InChI=1S/C13H22O4.2C12H20O5.C10H18O4.C9H16O5.C7H14O4.C6H12O5/c1-6-7-14-12-11-10(8(2)9(3)15-12)16-13(4,5)17-11;1-5-6-14-11-10-9(8(13)7(2)15-11)16-12(3,4)17-10;1-6-7(2)11(16-9(4)13)12(15-8(6)3)17-10(5)14;1-4-5-13-10-9(12)8(11)6(2)7(3)14-10;1-3-4-13-9-8(12)7(11)6(10)5(2)14-9;1-3-4(2)11-7(10)6(9)5(3)8;1-2-3(7)4(8)5(9)6(10)11-2/h6,8-12H,1,7H2,2-5H3;5,7-11,13H,1,6H2,2-4H3;6-8,11-12H,1-5H3;4,6-12H,1,5H2,2-3H3;3,5-12H,1,4H2,2H3;3-10H,1-2H3;2-10H,1H3/t8-,9-,10+,11+,12?;7-,8-,9+,10+,11?;6-,7-,8+,11?,12?;6-,7-,8+,9+,10?;5-,6-,7+,8+,9?;3-,4-,5+,6+,7?;2-,3-,4+,5+,6?/m0010000/s1. The summed E-state index contributed by atoms with van der Waals surface area (Å²) in [6.07, 6.45) is -15.0. The van der Waals surface area contributed by atoms with Crippen LogP contribution in [-0.2, 0) is 90.1 Å². The lowest BCUT2D eigenvalue weighted by Crippen LogP contribution is -2.57. The van der Waals surface area contributed by atoms with E-state index in [0.717, 1.165) is 0 Å². The minimum Gasteiger partial charge on any atom is -0.456 e. The molecule has 9 rings (SSSR count). The molecular formula is C69H122O32. The smallest absolute Gasteiger partial charge is 0.305 e. The van der Waals surface area contributed by atoms with Gasteiger partial charge in [0.1, 0.15) is 73.2 Å². The van der Waals surface area contributed by atoms with Gasteiger partial charge in [0.2, 0.25) is 6.29 Å². The third-order valence-electron chi connectivity index (χ3n) is 18.6. The molecule has 0 radical (unpaired) electrons. The van der Waals surface area contributed by atoms with Gasteiger partial charge in [0.05, 0.1) is 87.5 Å². The van der Waals surface area contributed by atoms with E-state index in [2.05, 4.69) is 38.0 Å². The summed E-state index contributed by atoms with van der Waals surface area (Å²) < 4.78 is 92.0. The first-order valence-electron chi connectivity index (χ1n) is 34.3. The summed E-state index contributed by atoms with van der Waals surface area (Å²) in [4.78, 5) is 22.1. The Morgan fingerprint density at radius 1 is 0.317 bits per heavy atom. The van der Waals surface area contributed by atoms with Crippen LogP contribution < -0.4 is 0 Å². The molecule has 9 fully saturated rings. The number of carbonyl (C=O) groups excluding carboxylic acids is 2. The Hall–Kier alpha value is -3.22. The third kappa shape index (κ3) is 26.6. The highest BCUT2D eigenvalue weighted by molar-refractivity contribution is 5.67. The van der Waals surface area contributed by atoms with Crippen LogP contribution in [-0.4, -0.2) is 301 Å². The first-order chi connectivity index (χ1) is 46.9. The van der Waals surface area contributed by atoms with Crippen molar-refractivity contribution in [1.82, 2.24) is 0 Å². The maximum absolute atomic E-state index is 11.1. The van der Waals surface area contributed by atoms with Crippen molar-refractivity contribution in [2.75, 3.05) is 26.4 Å². The van der Waals surface area contributed by atoms with Crippen molar-refractivity contribution in [2.24, 2.45) is 29.6 Å². The molecule has 13 N–H and O–H groups in total. The van der Waals surface area contributed by atoms with Crippen molar-refractivity contribution in [1.29, 1.82) is 0 Å². The van der Waals surface area contributed by atoms with E-state index in [0.29, 0.717) is 25.7 Å². The predicted molar refractivity (Wildman–Crippen MR) is 356 cm³/mol. The van der Waals surface area contributed by atoms with Gasteiger partial charge in [0.25, 0.3) is 0 Å². The minimum atomic E-state index is -1.43. The molecule has 0 aromatic heterocycles. The molecule has 32 heteroatoms. The first-order valence-corrected chi connectivity index (χ1v) is 34.3. The molecule has 590 valence electrons. The molecule has 8 unspecified atom stereocenters. The van der Waals surface area contributed by atoms with Crippen molar-refractivity contribution in [3.05, 3.63) is 50.6 Å². The number of esters is 2. The van der Waals surface area contributed by atoms with Crippen molar-refractivity contribution >= 4 is 11.9 Å². The van der Waals surface area contributed by atoms with Crippen LogP contribution in [0.15, 0.2) is 50.6 Å². The van der Waals surface area contributed by atoms with E-state index in [9.17, 15) is 45.3 Å². The minimum absolute atomic E-state index is 0.0311. The Balaban J connectivity index is 0.000000308. The molecule has 9 heterocycles. The van der Waals surface area contributed by atoms with Gasteiger partial charge >= 0.3 is 11.9 Å². The van der Waals surface area contributed by atoms with Gasteiger partial charge in [-0.05, 0) is 82.1 Å². The molecule has 9 saturated heterocycles. The SMILES string of the molecule is C=CCOC1O[C@@H](C)[C@H](C)[C@@H](O)[C@H]1O.C=CCOC1O[C@@H](C)[C@H](C)[C@H]2OC(C)(C)O[C@@H]12.C=CCOC1O[C@@H](C)[C@H](O)[C@@H](O)[C@H]1O.C=CCOC1O[C@@H](C)[C@H](O)[C@H]2OC(C)(C)O[C@@H]12.CC(=O)OC1O[C@@H](C)[C@H](C)[C@@H](C)C1OC(C)=O.C[C@@H]1OC(O)[C@H](O)[C@H](O)[C@H]1O.C[C@@H]1[C@@H](O)[C@@H](O)C(O)O[C@H]1C. The van der Waals surface area contributed by atoms with Crippen LogP contribution in [0.1, 0.15) is 125 Å². The zero-order valence-electron chi connectivity index (χ0n) is 61.7. The van der Waals surface area contributed by atoms with Gasteiger partial charge in [-0.25, -0.2) is 0 Å². The molecule has 0 aliphatic carbocycles. The van der Waals surface area contributed by atoms with Crippen LogP contribution in [0.2, 0.25) is 0 Å². The second-order valence-corrected chi connectivity index (χ2v) is 27.5. The van der Waals surface area contributed by atoms with E-state index in [1.165, 1.54) is 26.8 Å². The number of rotatable bonds is 14. The Morgan fingerprint density at radius 3 is 1.07 bits per heavy atom. The largest absolute Gasteiger partial charge is 0.456 e. The van der Waals surface area contributed by atoms with Crippen LogP contribution in [0.4, 0.5) is 0 Å². The van der Waals surface area contributed by atoms with Gasteiger partial charge in [0.15, 0.2) is 55.4 Å². The third-order valence-corrected chi connectivity index (χ3v) is 18.6. The maximum Gasteiger partial charge on any atom is 0.305 e. The van der Waals surface area contributed by atoms with Crippen molar-refractivity contribution in [3.63, 3.8) is 0 Å². The molecule has 0 amide bonds. The Morgan fingerprint density at radius 2 is 0.614 bits per heavy atom. The lowest BCUT2D eigenvalue weighted by Gasteiger charge is -2.42. The number of aliphatic hydroxyl groups is 13. The van der Waals surface area contributed by atoms with E-state index < -0.39 is 159 Å². The van der Waals surface area contributed by atoms with Gasteiger partial charge in [-0.1, -0.05) is 58.9 Å². The molecule has 0 bridgehead atoms.